The summed E-state index contributed by atoms with van der Waals surface area (Å²) in [6.07, 6.45) is 0. The highest BCUT2D eigenvalue weighted by atomic mass is 35.5. The Morgan fingerprint density at radius 3 is 2.74 bits per heavy atom. The van der Waals surface area contributed by atoms with E-state index in [0.717, 1.165) is 28.5 Å². The van der Waals surface area contributed by atoms with Crippen molar-refractivity contribution in [3.63, 3.8) is 0 Å². The molecule has 6 heteroatoms. The molecular weight excluding hydrogens is 266 g/mol. The number of nitrogen functional groups attached to an aromatic ring is 1. The molecule has 2 aromatic rings. The lowest BCUT2D eigenvalue weighted by Gasteiger charge is -2.20. The number of hydrogen-bond donors (Lipinski definition) is 1. The van der Waals surface area contributed by atoms with Crippen molar-refractivity contribution in [1.82, 2.24) is 9.97 Å². The van der Waals surface area contributed by atoms with Gasteiger partial charge in [0, 0.05) is 11.3 Å². The lowest BCUT2D eigenvalue weighted by Crippen LogP contribution is -2.16. The first-order valence-corrected chi connectivity index (χ1v) is 5.74. The molecule has 1 aromatic carbocycles. The Morgan fingerprint density at radius 2 is 1.95 bits per heavy atom. The van der Waals surface area contributed by atoms with Crippen LogP contribution in [-0.2, 0) is 0 Å². The number of nitrogens with two attached hydrogens (primary N) is 1. The van der Waals surface area contributed by atoms with Crippen LogP contribution in [0.15, 0.2) is 24.3 Å². The number of hydrogen-bond acceptors (Lipinski definition) is 5. The average Bonchev–Trinajstić information content (AvgIpc) is 2.37. The van der Waals surface area contributed by atoms with E-state index in [1.165, 1.54) is 0 Å². The number of ether oxygens (including phenoxy) is 2. The topological polar surface area (TPSA) is 70.3 Å². The van der Waals surface area contributed by atoms with Gasteiger partial charge in [-0.3, -0.25) is 0 Å². The van der Waals surface area contributed by atoms with E-state index in [-0.39, 0.29) is 18.4 Å². The molecule has 0 radical (unpaired) electrons. The smallest absolute Gasteiger partial charge is 0.220 e. The van der Waals surface area contributed by atoms with Crippen LogP contribution in [-0.4, -0.2) is 23.2 Å². The standard InChI is InChI=1S/C13H13N3O2.ClH/c1-8-7-10(16-13(14)15-8)9-3-2-4-11-12(9)18-6-5-17-11;/h2-4,7H,5-6H2,1H3,(H2,14,15,16);1H. The molecule has 100 valence electrons. The Kier molecular flexibility index (Phi) is 3.76. The predicted octanol–water partition coefficient (Wildman–Crippen LogP) is 2.23. The van der Waals surface area contributed by atoms with Gasteiger partial charge in [0.1, 0.15) is 13.2 Å². The third kappa shape index (κ3) is 2.56. The van der Waals surface area contributed by atoms with Gasteiger partial charge in [0.15, 0.2) is 11.5 Å². The molecule has 1 aromatic heterocycles. The van der Waals surface area contributed by atoms with E-state index < -0.39 is 0 Å². The molecule has 3 rings (SSSR count). The molecule has 0 bridgehead atoms. The number of aryl methyl sites for hydroxylation is 1. The van der Waals surface area contributed by atoms with Crippen LogP contribution in [0.3, 0.4) is 0 Å². The Morgan fingerprint density at radius 1 is 1.16 bits per heavy atom. The molecular formula is C13H14ClN3O2. The molecule has 0 fully saturated rings. The van der Waals surface area contributed by atoms with Crippen molar-refractivity contribution < 1.29 is 9.47 Å². The van der Waals surface area contributed by atoms with Gasteiger partial charge in [0.05, 0.1) is 5.69 Å². The number of aromatic nitrogens is 2. The van der Waals surface area contributed by atoms with Crippen molar-refractivity contribution in [2.24, 2.45) is 0 Å². The van der Waals surface area contributed by atoms with E-state index in [1.807, 2.05) is 31.2 Å². The molecule has 19 heavy (non-hydrogen) atoms. The maximum Gasteiger partial charge on any atom is 0.220 e. The van der Waals surface area contributed by atoms with Gasteiger partial charge in [-0.25, -0.2) is 9.97 Å². The molecule has 2 N–H and O–H groups in total. The molecule has 5 nitrogen and oxygen atoms in total. The van der Waals surface area contributed by atoms with E-state index >= 15 is 0 Å². The summed E-state index contributed by atoms with van der Waals surface area (Å²) in [5.41, 5.74) is 8.14. The van der Waals surface area contributed by atoms with Crippen LogP contribution < -0.4 is 15.2 Å². The maximum absolute atomic E-state index is 5.68. The van der Waals surface area contributed by atoms with E-state index in [2.05, 4.69) is 9.97 Å². The fourth-order valence-corrected chi connectivity index (χ4v) is 2.00. The van der Waals surface area contributed by atoms with Crippen molar-refractivity contribution in [3.8, 4) is 22.8 Å². The lowest BCUT2D eigenvalue weighted by atomic mass is 10.1. The number of fused-ring (bicyclic) bond motifs is 1. The van der Waals surface area contributed by atoms with E-state index in [1.54, 1.807) is 0 Å². The fourth-order valence-electron chi connectivity index (χ4n) is 2.00. The van der Waals surface area contributed by atoms with Gasteiger partial charge in [-0.1, -0.05) is 6.07 Å². The van der Waals surface area contributed by atoms with E-state index in [9.17, 15) is 0 Å². The number of rotatable bonds is 1. The van der Waals surface area contributed by atoms with Gasteiger partial charge >= 0.3 is 0 Å². The summed E-state index contributed by atoms with van der Waals surface area (Å²) >= 11 is 0. The van der Waals surface area contributed by atoms with E-state index in [4.69, 9.17) is 15.2 Å². The number of halogens is 1. The van der Waals surface area contributed by atoms with Crippen LogP contribution in [0.5, 0.6) is 11.5 Å². The van der Waals surface area contributed by atoms with Crippen LogP contribution in [0.1, 0.15) is 5.69 Å². The van der Waals surface area contributed by atoms with Crippen molar-refractivity contribution in [1.29, 1.82) is 0 Å². The summed E-state index contributed by atoms with van der Waals surface area (Å²) in [5.74, 6) is 1.73. The largest absolute Gasteiger partial charge is 0.486 e. The summed E-state index contributed by atoms with van der Waals surface area (Å²) in [5, 5.41) is 0. The molecule has 0 saturated heterocycles. The minimum atomic E-state index is 0. The van der Waals surface area contributed by atoms with Gasteiger partial charge in [-0.2, -0.15) is 0 Å². The number of anilines is 1. The third-order valence-electron chi connectivity index (χ3n) is 2.71. The minimum Gasteiger partial charge on any atom is -0.486 e. The second-order valence-electron chi connectivity index (χ2n) is 4.08. The highest BCUT2D eigenvalue weighted by Gasteiger charge is 2.17. The Hall–Kier alpha value is -2.01. The van der Waals surface area contributed by atoms with Crippen LogP contribution in [0.25, 0.3) is 11.3 Å². The predicted molar refractivity (Wildman–Crippen MR) is 74.9 cm³/mol. The Labute approximate surface area is 117 Å². The number of nitrogens with zero attached hydrogens (tertiary/aromatic N) is 2. The third-order valence-corrected chi connectivity index (χ3v) is 2.71. The van der Waals surface area contributed by atoms with Gasteiger partial charge < -0.3 is 15.2 Å². The zero-order chi connectivity index (χ0) is 12.5. The van der Waals surface area contributed by atoms with Gasteiger partial charge in [0.25, 0.3) is 0 Å². The minimum absolute atomic E-state index is 0. The molecule has 0 spiro atoms. The lowest BCUT2D eigenvalue weighted by molar-refractivity contribution is 0.172. The Bertz CT molecular complexity index is 584. The quantitative estimate of drug-likeness (QED) is 0.867. The average molecular weight is 280 g/mol. The van der Waals surface area contributed by atoms with Gasteiger partial charge in [0.2, 0.25) is 5.95 Å². The van der Waals surface area contributed by atoms with Crippen LogP contribution >= 0.6 is 12.4 Å². The molecule has 1 aliphatic rings. The molecule has 0 aliphatic carbocycles. The van der Waals surface area contributed by atoms with E-state index in [0.29, 0.717) is 13.2 Å². The van der Waals surface area contributed by atoms with Gasteiger partial charge in [-0.05, 0) is 25.1 Å². The maximum atomic E-state index is 5.68. The van der Waals surface area contributed by atoms with Crippen LogP contribution in [0, 0.1) is 6.92 Å². The second kappa shape index (κ2) is 5.32. The second-order valence-corrected chi connectivity index (χ2v) is 4.08. The molecule has 2 heterocycles. The monoisotopic (exact) mass is 279 g/mol. The van der Waals surface area contributed by atoms with Crippen molar-refractivity contribution >= 4 is 18.4 Å². The van der Waals surface area contributed by atoms with Crippen molar-refractivity contribution in [2.75, 3.05) is 18.9 Å². The highest BCUT2D eigenvalue weighted by molar-refractivity contribution is 5.85. The van der Waals surface area contributed by atoms with Crippen molar-refractivity contribution in [2.45, 2.75) is 6.92 Å². The fraction of sp³-hybridized carbons (Fsp3) is 0.231. The Balaban J connectivity index is 0.00000133. The summed E-state index contributed by atoms with van der Waals surface area (Å²) in [4.78, 5) is 8.31. The molecule has 0 saturated carbocycles. The van der Waals surface area contributed by atoms with Crippen molar-refractivity contribution in [3.05, 3.63) is 30.0 Å². The first-order valence-electron chi connectivity index (χ1n) is 5.74. The molecule has 0 atom stereocenters. The first kappa shape index (κ1) is 13.4. The highest BCUT2D eigenvalue weighted by Crippen LogP contribution is 2.39. The van der Waals surface area contributed by atoms with Crippen LogP contribution in [0.2, 0.25) is 0 Å². The van der Waals surface area contributed by atoms with Crippen LogP contribution in [0.4, 0.5) is 5.95 Å². The normalized spacial score (nSPS) is 12.7. The molecule has 0 amide bonds. The zero-order valence-electron chi connectivity index (χ0n) is 10.4. The molecule has 1 aliphatic heterocycles. The zero-order valence-corrected chi connectivity index (χ0v) is 11.2. The summed E-state index contributed by atoms with van der Waals surface area (Å²) in [6.45, 7) is 3.00. The first-order chi connectivity index (χ1) is 8.74. The summed E-state index contributed by atoms with van der Waals surface area (Å²) in [6, 6.07) is 7.62. The number of para-hydroxylation sites is 1. The van der Waals surface area contributed by atoms with Gasteiger partial charge in [-0.15, -0.1) is 12.4 Å². The SMILES string of the molecule is Cc1cc(-c2cccc3c2OCCO3)nc(N)n1.Cl. The number of benzene rings is 1. The molecule has 0 unspecified atom stereocenters. The summed E-state index contributed by atoms with van der Waals surface area (Å²) < 4.78 is 11.2. The summed E-state index contributed by atoms with van der Waals surface area (Å²) in [7, 11) is 0.